The van der Waals surface area contributed by atoms with Crippen LogP contribution in [0.15, 0.2) is 72.5 Å². The van der Waals surface area contributed by atoms with Gasteiger partial charge in [0.25, 0.3) is 0 Å². The van der Waals surface area contributed by atoms with Crippen LogP contribution >= 0.6 is 23.2 Å². The molecule has 0 saturated carbocycles. The first-order chi connectivity index (χ1) is 15.0. The lowest BCUT2D eigenvalue weighted by atomic mass is 10.1. The van der Waals surface area contributed by atoms with E-state index in [0.29, 0.717) is 32.7 Å². The van der Waals surface area contributed by atoms with Crippen molar-refractivity contribution in [1.82, 2.24) is 0 Å². The molecule has 7 heteroatoms. The van der Waals surface area contributed by atoms with Crippen molar-refractivity contribution in [2.24, 2.45) is 0 Å². The number of fused-ring (bicyclic) bond motifs is 1. The number of halogens is 2. The highest BCUT2D eigenvalue weighted by Crippen LogP contribution is 2.36. The largest absolute Gasteiger partial charge is 0.482 e. The first-order valence-corrected chi connectivity index (χ1v) is 10.1. The van der Waals surface area contributed by atoms with Crippen LogP contribution in [-0.4, -0.2) is 18.4 Å². The minimum Gasteiger partial charge on any atom is -0.482 e. The Morgan fingerprint density at radius 2 is 1.71 bits per heavy atom. The predicted molar refractivity (Wildman–Crippen MR) is 118 cm³/mol. The molecule has 1 heterocycles. The first kappa shape index (κ1) is 21.0. The summed E-state index contributed by atoms with van der Waals surface area (Å²) in [5.74, 6) is 0.00864. The van der Waals surface area contributed by atoms with Crippen LogP contribution in [0.2, 0.25) is 10.0 Å². The summed E-state index contributed by atoms with van der Waals surface area (Å²) in [7, 11) is 0. The van der Waals surface area contributed by atoms with E-state index in [-0.39, 0.29) is 24.8 Å². The highest BCUT2D eigenvalue weighted by atomic mass is 35.5. The number of ketones is 1. The van der Waals surface area contributed by atoms with Gasteiger partial charge in [0.2, 0.25) is 5.78 Å². The first-order valence-electron chi connectivity index (χ1n) is 9.36. The number of hydrogen-bond donors (Lipinski definition) is 0. The lowest BCUT2D eigenvalue weighted by Crippen LogP contribution is -2.14. The molecule has 1 aliphatic rings. The molecular weight excluding hydrogens is 439 g/mol. The molecule has 4 rings (SSSR count). The Hall–Kier alpha value is -3.28. The summed E-state index contributed by atoms with van der Waals surface area (Å²) >= 11 is 12.3. The summed E-state index contributed by atoms with van der Waals surface area (Å²) in [6.45, 7) is -0.0961. The van der Waals surface area contributed by atoms with E-state index in [0.717, 1.165) is 5.56 Å². The fourth-order valence-electron chi connectivity index (χ4n) is 2.96. The molecule has 0 fully saturated rings. The molecule has 0 aliphatic carbocycles. The van der Waals surface area contributed by atoms with Crippen molar-refractivity contribution in [3.05, 3.63) is 99.2 Å². The van der Waals surface area contributed by atoms with E-state index in [1.807, 2.05) is 30.3 Å². The molecular formula is C24H16Cl2O5. The summed E-state index contributed by atoms with van der Waals surface area (Å²) in [6.07, 6.45) is 1.51. The molecule has 0 spiro atoms. The zero-order chi connectivity index (χ0) is 21.8. The van der Waals surface area contributed by atoms with Gasteiger partial charge in [-0.05, 0) is 35.9 Å². The maximum Gasteiger partial charge on any atom is 0.344 e. The van der Waals surface area contributed by atoms with E-state index in [1.165, 1.54) is 6.08 Å². The van der Waals surface area contributed by atoms with Gasteiger partial charge >= 0.3 is 5.97 Å². The smallest absolute Gasteiger partial charge is 0.344 e. The Balaban J connectivity index is 1.40. The average Bonchev–Trinajstić information content (AvgIpc) is 3.09. The average molecular weight is 455 g/mol. The topological polar surface area (TPSA) is 61.8 Å². The van der Waals surface area contributed by atoms with E-state index in [1.54, 1.807) is 36.4 Å². The van der Waals surface area contributed by atoms with Gasteiger partial charge < -0.3 is 14.2 Å². The van der Waals surface area contributed by atoms with Crippen LogP contribution in [0.4, 0.5) is 0 Å². The fourth-order valence-corrected chi connectivity index (χ4v) is 3.47. The van der Waals surface area contributed by atoms with Crippen molar-refractivity contribution in [2.45, 2.75) is 6.61 Å². The van der Waals surface area contributed by atoms with E-state index >= 15 is 0 Å². The maximum absolute atomic E-state index is 12.6. The number of rotatable bonds is 6. The van der Waals surface area contributed by atoms with Crippen molar-refractivity contribution < 1.29 is 23.8 Å². The Morgan fingerprint density at radius 3 is 2.45 bits per heavy atom. The predicted octanol–water partition coefficient (Wildman–Crippen LogP) is 5.73. The molecule has 0 unspecified atom stereocenters. The number of carbonyl (C=O) groups excluding carboxylic acids is 2. The number of allylic oxidation sites excluding steroid dienone is 1. The van der Waals surface area contributed by atoms with Gasteiger partial charge in [-0.2, -0.15) is 0 Å². The highest BCUT2D eigenvalue weighted by molar-refractivity contribution is 6.37. The number of ether oxygens (including phenoxy) is 3. The van der Waals surface area contributed by atoms with Gasteiger partial charge in [-0.3, -0.25) is 4.79 Å². The normalized spacial score (nSPS) is 13.6. The molecule has 5 nitrogen and oxygen atoms in total. The van der Waals surface area contributed by atoms with E-state index < -0.39 is 5.97 Å². The van der Waals surface area contributed by atoms with Crippen molar-refractivity contribution in [1.29, 1.82) is 0 Å². The van der Waals surface area contributed by atoms with Gasteiger partial charge in [-0.25, -0.2) is 4.79 Å². The molecule has 31 heavy (non-hydrogen) atoms. The molecule has 0 radical (unpaired) electrons. The van der Waals surface area contributed by atoms with E-state index in [2.05, 4.69) is 0 Å². The number of benzene rings is 3. The van der Waals surface area contributed by atoms with Crippen LogP contribution in [0.5, 0.6) is 11.5 Å². The van der Waals surface area contributed by atoms with Crippen LogP contribution < -0.4 is 9.47 Å². The standard InChI is InChI=1S/C24H16Cl2O5/c25-19-7-4-8-20(26)18(19)12-22-24(28)17-10-9-16(11-21(17)31-22)29-14-23(27)30-13-15-5-2-1-3-6-15/h1-12H,13-14H2. The molecule has 0 N–H and O–H groups in total. The van der Waals surface area contributed by atoms with E-state index in [9.17, 15) is 9.59 Å². The molecule has 1 aliphatic heterocycles. The van der Waals surface area contributed by atoms with Crippen LogP contribution in [0.3, 0.4) is 0 Å². The van der Waals surface area contributed by atoms with Gasteiger partial charge in [-0.15, -0.1) is 0 Å². The molecule has 156 valence electrons. The third-order valence-electron chi connectivity index (χ3n) is 4.52. The summed E-state index contributed by atoms with van der Waals surface area (Å²) in [4.78, 5) is 24.6. The van der Waals surface area contributed by atoms with Crippen molar-refractivity contribution in [3.8, 4) is 11.5 Å². The van der Waals surface area contributed by atoms with Gasteiger partial charge in [0.05, 0.1) is 5.56 Å². The Bertz CT molecular complexity index is 1150. The monoisotopic (exact) mass is 454 g/mol. The second kappa shape index (κ2) is 9.25. The number of hydrogen-bond acceptors (Lipinski definition) is 5. The quantitative estimate of drug-likeness (QED) is 0.351. The third-order valence-corrected chi connectivity index (χ3v) is 5.18. The van der Waals surface area contributed by atoms with Gasteiger partial charge in [0, 0.05) is 21.7 Å². The fraction of sp³-hybridized carbons (Fsp3) is 0.0833. The number of esters is 1. The summed E-state index contributed by atoms with van der Waals surface area (Å²) in [5, 5.41) is 0.816. The van der Waals surface area contributed by atoms with Crippen LogP contribution in [0.25, 0.3) is 6.08 Å². The lowest BCUT2D eigenvalue weighted by Gasteiger charge is -2.08. The zero-order valence-electron chi connectivity index (χ0n) is 16.1. The Labute approximate surface area is 188 Å². The van der Waals surface area contributed by atoms with Crippen LogP contribution in [-0.2, 0) is 16.1 Å². The van der Waals surface area contributed by atoms with Crippen LogP contribution in [0.1, 0.15) is 21.5 Å². The van der Waals surface area contributed by atoms with Gasteiger partial charge in [0.1, 0.15) is 18.1 Å². The summed E-state index contributed by atoms with van der Waals surface area (Å²) in [6, 6.07) is 19.1. The number of carbonyl (C=O) groups is 2. The third kappa shape index (κ3) is 4.90. The summed E-state index contributed by atoms with van der Waals surface area (Å²) < 4.78 is 16.3. The molecule has 3 aromatic rings. The highest BCUT2D eigenvalue weighted by Gasteiger charge is 2.28. The van der Waals surface area contributed by atoms with Gasteiger partial charge in [-0.1, -0.05) is 59.6 Å². The lowest BCUT2D eigenvalue weighted by molar-refractivity contribution is -0.147. The van der Waals surface area contributed by atoms with Crippen LogP contribution in [0, 0.1) is 0 Å². The molecule has 0 atom stereocenters. The van der Waals surface area contributed by atoms with Crippen molar-refractivity contribution >= 4 is 41.0 Å². The zero-order valence-corrected chi connectivity index (χ0v) is 17.7. The van der Waals surface area contributed by atoms with Gasteiger partial charge in [0.15, 0.2) is 12.4 Å². The van der Waals surface area contributed by atoms with Crippen molar-refractivity contribution in [2.75, 3.05) is 6.61 Å². The Morgan fingerprint density at radius 1 is 0.968 bits per heavy atom. The SMILES string of the molecule is O=C(COc1ccc2c(c1)OC(=Cc1c(Cl)cccc1Cl)C2=O)OCc1ccccc1. The summed E-state index contributed by atoms with van der Waals surface area (Å²) in [5.41, 5.74) is 1.77. The minimum absolute atomic E-state index is 0.101. The molecule has 0 aromatic heterocycles. The molecule has 3 aromatic carbocycles. The maximum atomic E-state index is 12.6. The van der Waals surface area contributed by atoms with Crippen molar-refractivity contribution in [3.63, 3.8) is 0 Å². The second-order valence-corrected chi connectivity index (χ2v) is 7.48. The molecule has 0 bridgehead atoms. The minimum atomic E-state index is -0.504. The molecule has 0 amide bonds. The number of Topliss-reactive ketones (excluding diaryl/α,β-unsaturated/α-hetero) is 1. The Kier molecular flexibility index (Phi) is 6.26. The second-order valence-electron chi connectivity index (χ2n) is 6.67. The molecule has 0 saturated heterocycles. The van der Waals surface area contributed by atoms with E-state index in [4.69, 9.17) is 37.4 Å².